The van der Waals surface area contributed by atoms with Crippen LogP contribution in [0.15, 0.2) is 45.3 Å². The number of amides is 2. The van der Waals surface area contributed by atoms with E-state index in [2.05, 4.69) is 21.2 Å². The van der Waals surface area contributed by atoms with Crippen LogP contribution in [0.25, 0.3) is 0 Å². The van der Waals surface area contributed by atoms with E-state index < -0.39 is 17.8 Å². The summed E-state index contributed by atoms with van der Waals surface area (Å²) in [5.41, 5.74) is 5.85. The van der Waals surface area contributed by atoms with E-state index in [9.17, 15) is 14.4 Å². The Morgan fingerprint density at radius 2 is 1.91 bits per heavy atom. The number of primary amides is 1. The molecule has 3 aromatic rings. The van der Waals surface area contributed by atoms with E-state index in [4.69, 9.17) is 19.6 Å². The number of hydrogen-bond acceptors (Lipinski definition) is 7. The number of esters is 1. The molecule has 3 rings (SSSR count). The summed E-state index contributed by atoms with van der Waals surface area (Å²) < 4.78 is 17.3. The largest absolute Gasteiger partial charge is 0.484 e. The fourth-order valence-electron chi connectivity index (χ4n) is 2.81. The van der Waals surface area contributed by atoms with E-state index in [1.165, 1.54) is 6.07 Å². The van der Waals surface area contributed by atoms with Crippen molar-refractivity contribution in [1.29, 1.82) is 0 Å². The average molecular weight is 521 g/mol. The molecule has 0 unspecified atom stereocenters. The Bertz CT molecular complexity index is 1170. The van der Waals surface area contributed by atoms with Crippen LogP contribution in [0.5, 0.6) is 5.75 Å². The topological polar surface area (TPSA) is 121 Å². The van der Waals surface area contributed by atoms with Crippen LogP contribution in [0.1, 0.15) is 55.8 Å². The molecule has 0 bridgehead atoms. The second kappa shape index (κ2) is 10.0. The molecule has 0 fully saturated rings. The predicted molar refractivity (Wildman–Crippen MR) is 123 cm³/mol. The molecule has 0 saturated heterocycles. The smallest absolute Gasteiger partial charge is 0.341 e. The minimum Gasteiger partial charge on any atom is -0.484 e. The van der Waals surface area contributed by atoms with Crippen molar-refractivity contribution in [2.75, 3.05) is 5.32 Å². The first-order valence-corrected chi connectivity index (χ1v) is 11.2. The van der Waals surface area contributed by atoms with Gasteiger partial charge in [0.05, 0.1) is 21.0 Å². The van der Waals surface area contributed by atoms with Gasteiger partial charge in [0.2, 0.25) is 0 Å². The van der Waals surface area contributed by atoms with Gasteiger partial charge < -0.3 is 24.9 Å². The summed E-state index contributed by atoms with van der Waals surface area (Å²) in [5.74, 6) is -0.852. The predicted octanol–water partition coefficient (Wildman–Crippen LogP) is 4.91. The van der Waals surface area contributed by atoms with Gasteiger partial charge in [0.1, 0.15) is 23.1 Å². The first kappa shape index (κ1) is 23.6. The number of nitrogens with one attached hydrogen (secondary N) is 1. The van der Waals surface area contributed by atoms with Crippen molar-refractivity contribution >= 4 is 50.1 Å². The van der Waals surface area contributed by atoms with Gasteiger partial charge in [-0.25, -0.2) is 4.79 Å². The highest BCUT2D eigenvalue weighted by atomic mass is 79.9. The Kier molecular flexibility index (Phi) is 7.37. The van der Waals surface area contributed by atoms with Gasteiger partial charge in [0.15, 0.2) is 5.76 Å². The maximum atomic E-state index is 12.7. The molecule has 0 radical (unpaired) electrons. The zero-order valence-electron chi connectivity index (χ0n) is 17.6. The van der Waals surface area contributed by atoms with Gasteiger partial charge in [-0.15, -0.1) is 11.3 Å². The Labute approximate surface area is 196 Å². The number of halogens is 1. The normalized spacial score (nSPS) is 10.8. The third-order valence-corrected chi connectivity index (χ3v) is 6.11. The van der Waals surface area contributed by atoms with E-state index in [1.807, 2.05) is 18.2 Å². The quantitative estimate of drug-likeness (QED) is 0.407. The SMILES string of the molecule is Cc1c(C(N)=O)sc(NC(=O)c2ccc(COc3ccccc3Br)o2)c1C(=O)OC(C)C. The van der Waals surface area contributed by atoms with Crippen LogP contribution in [0.2, 0.25) is 0 Å². The summed E-state index contributed by atoms with van der Waals surface area (Å²) in [7, 11) is 0. The summed E-state index contributed by atoms with van der Waals surface area (Å²) >= 11 is 4.31. The molecule has 0 aliphatic carbocycles. The molecule has 0 saturated carbocycles. The molecule has 8 nitrogen and oxygen atoms in total. The van der Waals surface area contributed by atoms with Gasteiger partial charge in [-0.05, 0) is 66.5 Å². The zero-order valence-corrected chi connectivity index (χ0v) is 20.0. The number of carbonyl (C=O) groups excluding carboxylic acids is 3. The molecule has 32 heavy (non-hydrogen) atoms. The van der Waals surface area contributed by atoms with E-state index in [0.717, 1.165) is 15.8 Å². The summed E-state index contributed by atoms with van der Waals surface area (Å²) in [6.45, 7) is 5.10. The first-order chi connectivity index (χ1) is 15.2. The van der Waals surface area contributed by atoms with Crippen molar-refractivity contribution in [3.63, 3.8) is 0 Å². The Morgan fingerprint density at radius 3 is 2.56 bits per heavy atom. The molecular formula is C22H21BrN2O6S. The number of para-hydroxylation sites is 1. The number of nitrogens with two attached hydrogens (primary N) is 1. The molecule has 0 aliphatic rings. The van der Waals surface area contributed by atoms with Crippen LogP contribution in [-0.4, -0.2) is 23.9 Å². The van der Waals surface area contributed by atoms with Gasteiger partial charge in [0.25, 0.3) is 11.8 Å². The first-order valence-electron chi connectivity index (χ1n) is 9.59. The highest BCUT2D eigenvalue weighted by Crippen LogP contribution is 2.34. The van der Waals surface area contributed by atoms with Gasteiger partial charge in [-0.1, -0.05) is 12.1 Å². The lowest BCUT2D eigenvalue weighted by Gasteiger charge is -2.10. The lowest BCUT2D eigenvalue weighted by molar-refractivity contribution is 0.0379. The number of thiophene rings is 1. The second-order valence-corrected chi connectivity index (χ2v) is 8.89. The highest BCUT2D eigenvalue weighted by Gasteiger charge is 2.27. The fraction of sp³-hybridized carbons (Fsp3) is 0.227. The van der Waals surface area contributed by atoms with Crippen molar-refractivity contribution in [3.05, 3.63) is 68.4 Å². The number of anilines is 1. The molecule has 168 valence electrons. The molecule has 2 amide bonds. The molecule has 0 spiro atoms. The molecule has 1 aromatic carbocycles. The van der Waals surface area contributed by atoms with Gasteiger partial charge in [0, 0.05) is 0 Å². The minimum absolute atomic E-state index is 0.0191. The maximum Gasteiger partial charge on any atom is 0.341 e. The van der Waals surface area contributed by atoms with Crippen molar-refractivity contribution in [2.45, 2.75) is 33.5 Å². The van der Waals surface area contributed by atoms with Crippen molar-refractivity contribution in [3.8, 4) is 5.75 Å². The summed E-state index contributed by atoms with van der Waals surface area (Å²) in [6, 6.07) is 10.5. The third-order valence-electron chi connectivity index (χ3n) is 4.24. The van der Waals surface area contributed by atoms with Gasteiger partial charge in [-0.2, -0.15) is 0 Å². The van der Waals surface area contributed by atoms with E-state index in [1.54, 1.807) is 32.9 Å². The van der Waals surface area contributed by atoms with Crippen LogP contribution in [-0.2, 0) is 11.3 Å². The van der Waals surface area contributed by atoms with Crippen LogP contribution in [0.3, 0.4) is 0 Å². The highest BCUT2D eigenvalue weighted by molar-refractivity contribution is 9.10. The van der Waals surface area contributed by atoms with Crippen molar-refractivity contribution in [1.82, 2.24) is 0 Å². The molecule has 2 heterocycles. The summed E-state index contributed by atoms with van der Waals surface area (Å²) in [5, 5.41) is 2.78. The number of ether oxygens (including phenoxy) is 2. The summed E-state index contributed by atoms with van der Waals surface area (Å²) in [6.07, 6.45) is -0.375. The molecule has 0 aliphatic heterocycles. The molecule has 2 aromatic heterocycles. The lowest BCUT2D eigenvalue weighted by Crippen LogP contribution is -2.17. The Morgan fingerprint density at radius 1 is 1.19 bits per heavy atom. The number of furan rings is 1. The Balaban J connectivity index is 1.77. The maximum absolute atomic E-state index is 12.7. The van der Waals surface area contributed by atoms with Crippen LogP contribution in [0, 0.1) is 6.92 Å². The van der Waals surface area contributed by atoms with Crippen LogP contribution in [0.4, 0.5) is 5.00 Å². The second-order valence-electron chi connectivity index (χ2n) is 7.02. The molecular weight excluding hydrogens is 500 g/mol. The summed E-state index contributed by atoms with van der Waals surface area (Å²) in [4.78, 5) is 37.2. The lowest BCUT2D eigenvalue weighted by atomic mass is 10.1. The van der Waals surface area contributed by atoms with E-state index in [-0.39, 0.29) is 33.9 Å². The van der Waals surface area contributed by atoms with Gasteiger partial charge >= 0.3 is 5.97 Å². The van der Waals surface area contributed by atoms with Crippen LogP contribution < -0.4 is 15.8 Å². The standard InChI is InChI=1S/C22H21BrN2O6S/c1-11(2)30-22(28)17-12(3)18(19(24)26)32-21(17)25-20(27)16-9-8-13(31-16)10-29-15-7-5-4-6-14(15)23/h4-9,11H,10H2,1-3H3,(H2,24,26)(H,25,27). The molecule has 0 atom stereocenters. The average Bonchev–Trinajstić information content (AvgIpc) is 3.31. The van der Waals surface area contributed by atoms with Gasteiger partial charge in [-0.3, -0.25) is 9.59 Å². The van der Waals surface area contributed by atoms with Crippen molar-refractivity contribution in [2.24, 2.45) is 5.73 Å². The molecule has 10 heteroatoms. The van der Waals surface area contributed by atoms with Crippen LogP contribution >= 0.6 is 27.3 Å². The number of rotatable bonds is 8. The van der Waals surface area contributed by atoms with E-state index in [0.29, 0.717) is 17.1 Å². The fourth-order valence-corrected chi connectivity index (χ4v) is 4.25. The number of hydrogen-bond donors (Lipinski definition) is 2. The number of benzene rings is 1. The van der Waals surface area contributed by atoms with Crippen molar-refractivity contribution < 1.29 is 28.3 Å². The zero-order chi connectivity index (χ0) is 23.4. The number of carbonyl (C=O) groups is 3. The molecule has 3 N–H and O–H groups in total. The monoisotopic (exact) mass is 520 g/mol. The third kappa shape index (κ3) is 5.38. The Hall–Kier alpha value is -3.11. The minimum atomic E-state index is -0.698. The van der Waals surface area contributed by atoms with E-state index >= 15 is 0 Å².